The van der Waals surface area contributed by atoms with Crippen molar-refractivity contribution in [2.75, 3.05) is 0 Å². The first-order valence-electron chi connectivity index (χ1n) is 4.16. The quantitative estimate of drug-likeness (QED) is 0.703. The number of hydrogen-bond donors (Lipinski definition) is 1. The molecular weight excluding hydrogens is 154 g/mol. The van der Waals surface area contributed by atoms with E-state index in [1.165, 1.54) is 0 Å². The third-order valence-corrected chi connectivity index (χ3v) is 2.73. The molecule has 4 nitrogen and oxygen atoms in total. The average molecular weight is 167 g/mol. The van der Waals surface area contributed by atoms with Gasteiger partial charge in [0.1, 0.15) is 6.10 Å². The number of aromatic nitrogens is 3. The minimum absolute atomic E-state index is 0.0788. The number of aliphatic hydroxyl groups is 1. The molecule has 0 saturated heterocycles. The number of rotatable bonds is 2. The molecule has 1 aromatic rings. The summed E-state index contributed by atoms with van der Waals surface area (Å²) in [7, 11) is 1.80. The number of nitrogens with zero attached hydrogens (tertiary/aromatic N) is 3. The van der Waals surface area contributed by atoms with Crippen molar-refractivity contribution in [1.82, 2.24) is 15.0 Å². The molecule has 1 aliphatic carbocycles. The first-order valence-corrected chi connectivity index (χ1v) is 4.16. The van der Waals surface area contributed by atoms with E-state index in [1.54, 1.807) is 17.9 Å². The highest BCUT2D eigenvalue weighted by Gasteiger charge is 2.45. The summed E-state index contributed by atoms with van der Waals surface area (Å²) in [4.78, 5) is 0. The van der Waals surface area contributed by atoms with E-state index in [9.17, 15) is 5.11 Å². The van der Waals surface area contributed by atoms with Gasteiger partial charge in [-0.15, -0.1) is 5.10 Å². The second-order valence-corrected chi connectivity index (χ2v) is 3.84. The lowest BCUT2D eigenvalue weighted by Gasteiger charge is -2.16. The summed E-state index contributed by atoms with van der Waals surface area (Å²) in [6.45, 7) is 2.09. The van der Waals surface area contributed by atoms with E-state index in [0.717, 1.165) is 18.5 Å². The molecule has 0 aliphatic heterocycles. The summed E-state index contributed by atoms with van der Waals surface area (Å²) in [5.74, 6) is 0. The molecule has 12 heavy (non-hydrogen) atoms. The van der Waals surface area contributed by atoms with Gasteiger partial charge in [0, 0.05) is 7.05 Å². The van der Waals surface area contributed by atoms with Crippen molar-refractivity contribution in [1.29, 1.82) is 0 Å². The van der Waals surface area contributed by atoms with Crippen LogP contribution in [0.1, 0.15) is 31.6 Å². The Balaban J connectivity index is 2.25. The van der Waals surface area contributed by atoms with Crippen molar-refractivity contribution >= 4 is 0 Å². The van der Waals surface area contributed by atoms with Crippen LogP contribution in [0, 0.1) is 5.41 Å². The fraction of sp³-hybridized carbons (Fsp3) is 0.750. The highest BCUT2D eigenvalue weighted by molar-refractivity contribution is 5.09. The number of aliphatic hydroxyl groups excluding tert-OH is 1. The van der Waals surface area contributed by atoms with Crippen LogP contribution in [-0.4, -0.2) is 20.1 Å². The van der Waals surface area contributed by atoms with E-state index in [-0.39, 0.29) is 5.41 Å². The Morgan fingerprint density at radius 2 is 2.33 bits per heavy atom. The van der Waals surface area contributed by atoms with E-state index in [1.807, 2.05) is 0 Å². The molecule has 1 atom stereocenters. The van der Waals surface area contributed by atoms with Crippen LogP contribution in [0.4, 0.5) is 0 Å². The maximum Gasteiger partial charge on any atom is 0.103 e. The van der Waals surface area contributed by atoms with E-state index in [2.05, 4.69) is 17.2 Å². The molecule has 1 unspecified atom stereocenters. The van der Waals surface area contributed by atoms with Gasteiger partial charge in [0.15, 0.2) is 0 Å². The second-order valence-electron chi connectivity index (χ2n) is 3.84. The lowest BCUT2D eigenvalue weighted by molar-refractivity contribution is 0.0953. The maximum absolute atomic E-state index is 9.89. The van der Waals surface area contributed by atoms with Crippen LogP contribution in [0.3, 0.4) is 0 Å². The Hall–Kier alpha value is -0.900. The lowest BCUT2D eigenvalue weighted by atomic mass is 10.00. The fourth-order valence-electron chi connectivity index (χ4n) is 1.37. The van der Waals surface area contributed by atoms with Gasteiger partial charge >= 0.3 is 0 Å². The van der Waals surface area contributed by atoms with Crippen molar-refractivity contribution in [3.05, 3.63) is 11.9 Å². The molecule has 1 aliphatic rings. The summed E-state index contributed by atoms with van der Waals surface area (Å²) in [5, 5.41) is 17.4. The highest BCUT2D eigenvalue weighted by Crippen LogP contribution is 2.54. The zero-order chi connectivity index (χ0) is 8.77. The van der Waals surface area contributed by atoms with Crippen molar-refractivity contribution < 1.29 is 5.11 Å². The van der Waals surface area contributed by atoms with Crippen LogP contribution in [0.25, 0.3) is 0 Å². The molecule has 66 valence electrons. The normalized spacial score (nSPS) is 22.2. The van der Waals surface area contributed by atoms with Gasteiger partial charge in [-0.25, -0.2) is 4.68 Å². The van der Waals surface area contributed by atoms with Gasteiger partial charge < -0.3 is 5.11 Å². The van der Waals surface area contributed by atoms with Crippen LogP contribution in [0.2, 0.25) is 0 Å². The van der Waals surface area contributed by atoms with E-state index in [0.29, 0.717) is 0 Å². The van der Waals surface area contributed by atoms with Crippen molar-refractivity contribution in [2.45, 2.75) is 25.9 Å². The zero-order valence-electron chi connectivity index (χ0n) is 7.36. The monoisotopic (exact) mass is 167 g/mol. The molecule has 0 amide bonds. The predicted molar refractivity (Wildman–Crippen MR) is 43.3 cm³/mol. The van der Waals surface area contributed by atoms with Crippen LogP contribution in [0.5, 0.6) is 0 Å². The van der Waals surface area contributed by atoms with E-state index in [4.69, 9.17) is 0 Å². The maximum atomic E-state index is 9.89. The molecular formula is C8H13N3O. The minimum atomic E-state index is -0.405. The average Bonchev–Trinajstić information content (AvgIpc) is 2.63. The van der Waals surface area contributed by atoms with Gasteiger partial charge in [0.05, 0.1) is 11.9 Å². The molecule has 4 heteroatoms. The van der Waals surface area contributed by atoms with Crippen LogP contribution >= 0.6 is 0 Å². The molecule has 1 heterocycles. The van der Waals surface area contributed by atoms with Crippen LogP contribution in [0.15, 0.2) is 6.20 Å². The standard InChI is InChI=1S/C8H13N3O/c1-8(3-4-8)7(12)6-5-9-10-11(6)2/h5,7,12H,3-4H2,1-2H3. The lowest BCUT2D eigenvalue weighted by Crippen LogP contribution is -2.13. The first-order chi connectivity index (χ1) is 5.63. The third kappa shape index (κ3) is 1.03. The zero-order valence-corrected chi connectivity index (χ0v) is 7.36. The van der Waals surface area contributed by atoms with Crippen molar-refractivity contribution in [3.8, 4) is 0 Å². The molecule has 1 fully saturated rings. The molecule has 2 rings (SSSR count). The van der Waals surface area contributed by atoms with Gasteiger partial charge in [-0.05, 0) is 18.3 Å². The van der Waals surface area contributed by atoms with Gasteiger partial charge in [0.25, 0.3) is 0 Å². The summed E-state index contributed by atoms with van der Waals surface area (Å²) >= 11 is 0. The van der Waals surface area contributed by atoms with Gasteiger partial charge in [0.2, 0.25) is 0 Å². The van der Waals surface area contributed by atoms with Gasteiger partial charge in [-0.3, -0.25) is 0 Å². The predicted octanol–water partition coefficient (Wildman–Crippen LogP) is 0.649. The van der Waals surface area contributed by atoms with E-state index < -0.39 is 6.10 Å². The Labute approximate surface area is 71.2 Å². The Bertz CT molecular complexity index is 290. The van der Waals surface area contributed by atoms with Gasteiger partial charge in [-0.1, -0.05) is 12.1 Å². The minimum Gasteiger partial charge on any atom is -0.386 e. The molecule has 1 aromatic heterocycles. The van der Waals surface area contributed by atoms with Gasteiger partial charge in [-0.2, -0.15) is 0 Å². The molecule has 1 saturated carbocycles. The summed E-state index contributed by atoms with van der Waals surface area (Å²) in [6.07, 6.45) is 3.42. The Morgan fingerprint density at radius 1 is 1.67 bits per heavy atom. The van der Waals surface area contributed by atoms with Crippen molar-refractivity contribution in [3.63, 3.8) is 0 Å². The van der Waals surface area contributed by atoms with Crippen molar-refractivity contribution in [2.24, 2.45) is 12.5 Å². The summed E-state index contributed by atoms with van der Waals surface area (Å²) in [5.41, 5.74) is 0.894. The highest BCUT2D eigenvalue weighted by atomic mass is 16.3. The fourth-order valence-corrected chi connectivity index (χ4v) is 1.37. The second kappa shape index (κ2) is 2.29. The smallest absolute Gasteiger partial charge is 0.103 e. The summed E-state index contributed by atoms with van der Waals surface area (Å²) < 4.78 is 1.63. The molecule has 1 N–H and O–H groups in total. The number of hydrogen-bond acceptors (Lipinski definition) is 3. The Morgan fingerprint density at radius 3 is 2.75 bits per heavy atom. The SMILES string of the molecule is Cn1nncc1C(O)C1(C)CC1. The molecule has 0 aromatic carbocycles. The third-order valence-electron chi connectivity index (χ3n) is 2.73. The molecule has 0 spiro atoms. The number of aryl methyl sites for hydroxylation is 1. The summed E-state index contributed by atoms with van der Waals surface area (Å²) in [6, 6.07) is 0. The van der Waals surface area contributed by atoms with Crippen LogP contribution in [-0.2, 0) is 7.05 Å². The van der Waals surface area contributed by atoms with E-state index >= 15 is 0 Å². The largest absolute Gasteiger partial charge is 0.386 e. The van der Waals surface area contributed by atoms with Crippen LogP contribution < -0.4 is 0 Å². The Kier molecular flexibility index (Phi) is 1.48. The molecule has 0 radical (unpaired) electrons. The topological polar surface area (TPSA) is 50.9 Å². The molecule has 0 bridgehead atoms. The first kappa shape index (κ1) is 7.73.